The first-order valence-corrected chi connectivity index (χ1v) is 8.14. The molecule has 1 fully saturated rings. The molecule has 2 rings (SSSR count). The van der Waals surface area contributed by atoms with Gasteiger partial charge in [-0.25, -0.2) is 0 Å². The van der Waals surface area contributed by atoms with Crippen molar-refractivity contribution in [3.8, 4) is 17.2 Å². The average Bonchev–Trinajstić information content (AvgIpc) is 2.66. The van der Waals surface area contributed by atoms with Crippen molar-refractivity contribution in [1.29, 1.82) is 0 Å². The normalized spacial score (nSPS) is 14.0. The highest BCUT2D eigenvalue weighted by atomic mass is 16.5. The van der Waals surface area contributed by atoms with Crippen molar-refractivity contribution in [2.75, 3.05) is 59.4 Å². The largest absolute Gasteiger partial charge is 0.493 e. The first kappa shape index (κ1) is 18.7. The highest BCUT2D eigenvalue weighted by Gasteiger charge is 2.19. The number of piperazine rings is 1. The number of nitrogens with zero attached hydrogens (tertiary/aromatic N) is 2. The zero-order valence-corrected chi connectivity index (χ0v) is 14.9. The second kappa shape index (κ2) is 9.00. The third-order valence-corrected chi connectivity index (χ3v) is 4.15. The fourth-order valence-electron chi connectivity index (χ4n) is 2.73. The van der Waals surface area contributed by atoms with Crippen molar-refractivity contribution in [2.45, 2.75) is 6.42 Å². The molecule has 25 heavy (non-hydrogen) atoms. The van der Waals surface area contributed by atoms with E-state index in [2.05, 4.69) is 5.32 Å². The molecule has 1 aliphatic heterocycles. The molecule has 0 radical (unpaired) electrons. The molecule has 1 aliphatic rings. The van der Waals surface area contributed by atoms with E-state index in [0.717, 1.165) is 12.1 Å². The summed E-state index contributed by atoms with van der Waals surface area (Å²) in [5, 5.41) is 3.21. The van der Waals surface area contributed by atoms with Gasteiger partial charge < -0.3 is 29.3 Å². The Morgan fingerprint density at radius 1 is 1.08 bits per heavy atom. The Balaban J connectivity index is 1.89. The summed E-state index contributed by atoms with van der Waals surface area (Å²) in [6, 6.07) is 3.60. The Bertz CT molecular complexity index is 575. The van der Waals surface area contributed by atoms with Gasteiger partial charge in [0.15, 0.2) is 11.5 Å². The number of nitrogens with one attached hydrogen (secondary N) is 1. The molecule has 1 saturated heterocycles. The number of ether oxygens (including phenoxy) is 3. The molecule has 2 amide bonds. The molecule has 0 aromatic heterocycles. The zero-order valence-electron chi connectivity index (χ0n) is 14.9. The molecule has 1 aromatic rings. The van der Waals surface area contributed by atoms with Crippen LogP contribution in [0.2, 0.25) is 0 Å². The highest BCUT2D eigenvalue weighted by molar-refractivity contribution is 5.77. The maximum Gasteiger partial charge on any atom is 0.224 e. The maximum absolute atomic E-state index is 12.2. The molecular weight excluding hydrogens is 326 g/mol. The van der Waals surface area contributed by atoms with Gasteiger partial charge in [-0.15, -0.1) is 0 Å². The lowest BCUT2D eigenvalue weighted by atomic mass is 10.2. The molecule has 0 bridgehead atoms. The molecule has 138 valence electrons. The number of hydrogen-bond acceptors (Lipinski definition) is 6. The Kier molecular flexibility index (Phi) is 6.73. The second-order valence-corrected chi connectivity index (χ2v) is 5.61. The summed E-state index contributed by atoms with van der Waals surface area (Å²) >= 11 is 0. The lowest BCUT2D eigenvalue weighted by Crippen LogP contribution is -2.48. The fraction of sp³-hybridized carbons (Fsp3) is 0.529. The van der Waals surface area contributed by atoms with Gasteiger partial charge in [-0.3, -0.25) is 9.59 Å². The number of benzene rings is 1. The van der Waals surface area contributed by atoms with Gasteiger partial charge in [0.1, 0.15) is 0 Å². The summed E-state index contributed by atoms with van der Waals surface area (Å²) in [6.07, 6.45) is 1.20. The summed E-state index contributed by atoms with van der Waals surface area (Å²) in [4.78, 5) is 26.4. The number of carbonyl (C=O) groups is 2. The Morgan fingerprint density at radius 2 is 1.68 bits per heavy atom. The molecule has 8 heteroatoms. The van der Waals surface area contributed by atoms with E-state index in [1.807, 2.05) is 0 Å². The van der Waals surface area contributed by atoms with Gasteiger partial charge >= 0.3 is 0 Å². The maximum atomic E-state index is 12.2. The minimum absolute atomic E-state index is 0.0745. The van der Waals surface area contributed by atoms with Crippen LogP contribution in [0.15, 0.2) is 12.1 Å². The van der Waals surface area contributed by atoms with Crippen LogP contribution in [-0.4, -0.2) is 76.2 Å². The van der Waals surface area contributed by atoms with Crippen molar-refractivity contribution in [3.05, 3.63) is 12.1 Å². The van der Waals surface area contributed by atoms with E-state index in [1.54, 1.807) is 43.3 Å². The van der Waals surface area contributed by atoms with E-state index in [9.17, 15) is 9.59 Å². The van der Waals surface area contributed by atoms with Gasteiger partial charge in [0.25, 0.3) is 0 Å². The van der Waals surface area contributed by atoms with Crippen molar-refractivity contribution >= 4 is 18.0 Å². The number of methoxy groups -OCH3 is 3. The van der Waals surface area contributed by atoms with Gasteiger partial charge in [0, 0.05) is 57.0 Å². The predicted octanol–water partition coefficient (Wildman–Crippen LogP) is 0.815. The Labute approximate surface area is 147 Å². The predicted molar refractivity (Wildman–Crippen MR) is 93.4 cm³/mol. The smallest absolute Gasteiger partial charge is 0.224 e. The molecule has 0 unspecified atom stereocenters. The van der Waals surface area contributed by atoms with E-state index >= 15 is 0 Å². The Hall–Kier alpha value is -2.64. The molecule has 0 saturated carbocycles. The van der Waals surface area contributed by atoms with Crippen LogP contribution in [0.5, 0.6) is 17.2 Å². The standard InChI is InChI=1S/C17H25N3O5/c1-23-14-10-13(11-15(24-2)17(14)25-3)18-5-4-16(22)20-8-6-19(12-21)7-9-20/h10-12,18H,4-9H2,1-3H3. The van der Waals surface area contributed by atoms with Crippen molar-refractivity contribution in [1.82, 2.24) is 9.80 Å². The summed E-state index contributed by atoms with van der Waals surface area (Å²) in [5.74, 6) is 1.71. The number of rotatable bonds is 8. The SMILES string of the molecule is COc1cc(NCCC(=O)N2CCN(C=O)CC2)cc(OC)c1OC. The lowest BCUT2D eigenvalue weighted by molar-refractivity contribution is -0.134. The van der Waals surface area contributed by atoms with Crippen molar-refractivity contribution in [3.63, 3.8) is 0 Å². The summed E-state index contributed by atoms with van der Waals surface area (Å²) in [7, 11) is 4.67. The molecule has 1 aromatic carbocycles. The number of amides is 2. The van der Waals surface area contributed by atoms with E-state index in [0.29, 0.717) is 56.4 Å². The number of carbonyl (C=O) groups excluding carboxylic acids is 2. The third-order valence-electron chi connectivity index (χ3n) is 4.15. The minimum atomic E-state index is 0.0745. The van der Waals surface area contributed by atoms with E-state index < -0.39 is 0 Å². The van der Waals surface area contributed by atoms with Gasteiger partial charge in [0.05, 0.1) is 21.3 Å². The first-order chi connectivity index (χ1) is 12.1. The zero-order chi connectivity index (χ0) is 18.2. The molecule has 1 N–H and O–H groups in total. The van der Waals surface area contributed by atoms with Crippen LogP contribution in [-0.2, 0) is 9.59 Å². The van der Waals surface area contributed by atoms with Crippen LogP contribution >= 0.6 is 0 Å². The lowest BCUT2D eigenvalue weighted by Gasteiger charge is -2.32. The first-order valence-electron chi connectivity index (χ1n) is 8.14. The third kappa shape index (κ3) is 4.68. The number of hydrogen-bond donors (Lipinski definition) is 1. The molecule has 0 aliphatic carbocycles. The monoisotopic (exact) mass is 351 g/mol. The quantitative estimate of drug-likeness (QED) is 0.699. The minimum Gasteiger partial charge on any atom is -0.493 e. The van der Waals surface area contributed by atoms with Gasteiger partial charge in [-0.1, -0.05) is 0 Å². The van der Waals surface area contributed by atoms with E-state index in [4.69, 9.17) is 14.2 Å². The molecule has 8 nitrogen and oxygen atoms in total. The van der Waals surface area contributed by atoms with E-state index in [1.165, 1.54) is 0 Å². The van der Waals surface area contributed by atoms with Crippen molar-refractivity contribution in [2.24, 2.45) is 0 Å². The van der Waals surface area contributed by atoms with Crippen LogP contribution in [0.25, 0.3) is 0 Å². The molecule has 1 heterocycles. The molecule has 0 spiro atoms. The topological polar surface area (TPSA) is 80.3 Å². The highest BCUT2D eigenvalue weighted by Crippen LogP contribution is 2.39. The average molecular weight is 351 g/mol. The van der Waals surface area contributed by atoms with Gasteiger partial charge in [-0.05, 0) is 0 Å². The van der Waals surface area contributed by atoms with Gasteiger partial charge in [-0.2, -0.15) is 0 Å². The molecule has 0 atom stereocenters. The summed E-state index contributed by atoms with van der Waals surface area (Å²) in [5.41, 5.74) is 0.785. The van der Waals surface area contributed by atoms with Crippen molar-refractivity contribution < 1.29 is 23.8 Å². The van der Waals surface area contributed by atoms with Crippen LogP contribution < -0.4 is 19.5 Å². The molecular formula is C17H25N3O5. The van der Waals surface area contributed by atoms with Crippen LogP contribution in [0.3, 0.4) is 0 Å². The summed E-state index contributed by atoms with van der Waals surface area (Å²) in [6.45, 7) is 2.85. The van der Waals surface area contributed by atoms with Crippen LogP contribution in [0.1, 0.15) is 6.42 Å². The van der Waals surface area contributed by atoms with Gasteiger partial charge in [0.2, 0.25) is 18.1 Å². The fourth-order valence-corrected chi connectivity index (χ4v) is 2.73. The summed E-state index contributed by atoms with van der Waals surface area (Å²) < 4.78 is 15.9. The van der Waals surface area contributed by atoms with E-state index in [-0.39, 0.29) is 5.91 Å². The van der Waals surface area contributed by atoms with Crippen LogP contribution in [0, 0.1) is 0 Å². The number of anilines is 1. The van der Waals surface area contributed by atoms with Crippen LogP contribution in [0.4, 0.5) is 5.69 Å². The second-order valence-electron chi connectivity index (χ2n) is 5.61. The Morgan fingerprint density at radius 3 is 2.16 bits per heavy atom.